The Morgan fingerprint density at radius 2 is 2.07 bits per heavy atom. The topological polar surface area (TPSA) is 43.1 Å². The number of hydrogen-bond acceptors (Lipinski definition) is 3. The molecule has 0 saturated carbocycles. The molecular weight excluding hydrogens is 230 g/mol. The number of para-hydroxylation sites is 1. The largest absolute Gasteiger partial charge is 0.397 e. The quantitative estimate of drug-likeness (QED) is 0.644. The minimum absolute atomic E-state index is 0.0787. The van der Waals surface area contributed by atoms with Gasteiger partial charge in [-0.2, -0.15) is 0 Å². The van der Waals surface area contributed by atoms with E-state index < -0.39 is 0 Å². The minimum atomic E-state index is -0.0787. The Morgan fingerprint density at radius 1 is 1.27 bits per heavy atom. The fourth-order valence-electron chi connectivity index (χ4n) is 1.28. The standard InChI is InChI=1S/C11H8ClNOS/c12-8-4-1-3-7(10(8)13)11(14)9-5-2-6-15-9/h1-6H,13H2. The van der Waals surface area contributed by atoms with Gasteiger partial charge in [0.2, 0.25) is 5.78 Å². The second kappa shape index (κ2) is 4.04. The average Bonchev–Trinajstić information content (AvgIpc) is 2.74. The number of ketones is 1. The lowest BCUT2D eigenvalue weighted by Crippen LogP contribution is -2.03. The zero-order chi connectivity index (χ0) is 10.8. The Hall–Kier alpha value is -1.32. The number of thiophene rings is 1. The predicted octanol–water partition coefficient (Wildman–Crippen LogP) is 3.21. The molecule has 0 aliphatic heterocycles. The third kappa shape index (κ3) is 1.89. The molecular formula is C11H8ClNOS. The molecule has 0 radical (unpaired) electrons. The maximum absolute atomic E-state index is 12.0. The zero-order valence-electron chi connectivity index (χ0n) is 7.74. The molecule has 0 atom stereocenters. The van der Waals surface area contributed by atoms with Gasteiger partial charge in [-0.1, -0.05) is 23.7 Å². The lowest BCUT2D eigenvalue weighted by atomic mass is 10.1. The molecule has 0 spiro atoms. The van der Waals surface area contributed by atoms with E-state index >= 15 is 0 Å². The van der Waals surface area contributed by atoms with Crippen LogP contribution in [0, 0.1) is 0 Å². The highest BCUT2D eigenvalue weighted by Gasteiger charge is 2.14. The first-order valence-corrected chi connectivity index (χ1v) is 5.58. The molecule has 2 N–H and O–H groups in total. The Balaban J connectivity index is 2.47. The van der Waals surface area contributed by atoms with Crippen LogP contribution in [0.1, 0.15) is 15.2 Å². The molecule has 0 fully saturated rings. The Morgan fingerprint density at radius 3 is 2.73 bits per heavy atom. The summed E-state index contributed by atoms with van der Waals surface area (Å²) in [5.41, 5.74) is 6.55. The van der Waals surface area contributed by atoms with Gasteiger partial charge in [-0.25, -0.2) is 0 Å². The van der Waals surface area contributed by atoms with Gasteiger partial charge in [0.1, 0.15) is 0 Å². The molecule has 2 rings (SSSR count). The van der Waals surface area contributed by atoms with Gasteiger partial charge in [0.25, 0.3) is 0 Å². The summed E-state index contributed by atoms with van der Waals surface area (Å²) in [6.45, 7) is 0. The second-order valence-electron chi connectivity index (χ2n) is 3.01. The first kappa shape index (κ1) is 10.2. The molecule has 1 heterocycles. The third-order valence-electron chi connectivity index (χ3n) is 2.04. The maximum Gasteiger partial charge on any atom is 0.205 e. The van der Waals surface area contributed by atoms with Gasteiger partial charge >= 0.3 is 0 Å². The van der Waals surface area contributed by atoms with Crippen LogP contribution in [0.15, 0.2) is 35.7 Å². The van der Waals surface area contributed by atoms with Crippen molar-refractivity contribution >= 4 is 34.4 Å². The highest BCUT2D eigenvalue weighted by Crippen LogP contribution is 2.25. The fraction of sp³-hybridized carbons (Fsp3) is 0. The smallest absolute Gasteiger partial charge is 0.205 e. The second-order valence-corrected chi connectivity index (χ2v) is 4.36. The number of halogens is 1. The van der Waals surface area contributed by atoms with Gasteiger partial charge in [0.05, 0.1) is 15.6 Å². The molecule has 76 valence electrons. The number of hydrogen-bond donors (Lipinski definition) is 1. The molecule has 2 nitrogen and oxygen atoms in total. The molecule has 0 bridgehead atoms. The number of carbonyl (C=O) groups is 1. The van der Waals surface area contributed by atoms with E-state index in [2.05, 4.69) is 0 Å². The van der Waals surface area contributed by atoms with E-state index in [-0.39, 0.29) is 5.78 Å². The van der Waals surface area contributed by atoms with Crippen LogP contribution in [-0.4, -0.2) is 5.78 Å². The Kier molecular flexibility index (Phi) is 2.75. The van der Waals surface area contributed by atoms with Crippen molar-refractivity contribution in [3.05, 3.63) is 51.2 Å². The number of nitrogen functional groups attached to an aromatic ring is 1. The number of nitrogens with two attached hydrogens (primary N) is 1. The maximum atomic E-state index is 12.0. The summed E-state index contributed by atoms with van der Waals surface area (Å²) in [4.78, 5) is 12.6. The van der Waals surface area contributed by atoms with Crippen LogP contribution in [0.3, 0.4) is 0 Å². The van der Waals surface area contributed by atoms with E-state index in [1.807, 2.05) is 11.4 Å². The van der Waals surface area contributed by atoms with E-state index in [1.165, 1.54) is 11.3 Å². The van der Waals surface area contributed by atoms with Crippen LogP contribution >= 0.6 is 22.9 Å². The van der Waals surface area contributed by atoms with Gasteiger partial charge in [0.15, 0.2) is 0 Å². The Labute approximate surface area is 96.3 Å². The van der Waals surface area contributed by atoms with E-state index in [1.54, 1.807) is 24.3 Å². The van der Waals surface area contributed by atoms with Crippen molar-refractivity contribution in [1.29, 1.82) is 0 Å². The van der Waals surface area contributed by atoms with Gasteiger partial charge in [-0.3, -0.25) is 4.79 Å². The van der Waals surface area contributed by atoms with Crippen LogP contribution in [0.25, 0.3) is 0 Å². The van der Waals surface area contributed by atoms with Crippen LogP contribution in [0.5, 0.6) is 0 Å². The van der Waals surface area contributed by atoms with Crippen LogP contribution in [0.4, 0.5) is 5.69 Å². The van der Waals surface area contributed by atoms with Gasteiger partial charge in [0, 0.05) is 5.56 Å². The molecule has 2 aromatic rings. The molecule has 0 aliphatic rings. The van der Waals surface area contributed by atoms with Crippen LogP contribution in [0.2, 0.25) is 5.02 Å². The van der Waals surface area contributed by atoms with Crippen molar-refractivity contribution < 1.29 is 4.79 Å². The van der Waals surface area contributed by atoms with E-state index in [0.29, 0.717) is 21.2 Å². The monoisotopic (exact) mass is 237 g/mol. The van der Waals surface area contributed by atoms with Crippen molar-refractivity contribution in [2.24, 2.45) is 0 Å². The molecule has 0 saturated heterocycles. The lowest BCUT2D eigenvalue weighted by molar-refractivity contribution is 0.104. The highest BCUT2D eigenvalue weighted by atomic mass is 35.5. The van der Waals surface area contributed by atoms with Crippen molar-refractivity contribution in [1.82, 2.24) is 0 Å². The first-order valence-electron chi connectivity index (χ1n) is 4.32. The lowest BCUT2D eigenvalue weighted by Gasteiger charge is -2.04. The van der Waals surface area contributed by atoms with E-state index in [4.69, 9.17) is 17.3 Å². The minimum Gasteiger partial charge on any atom is -0.397 e. The summed E-state index contributed by atoms with van der Waals surface area (Å²) in [6, 6.07) is 8.68. The highest BCUT2D eigenvalue weighted by molar-refractivity contribution is 7.12. The van der Waals surface area contributed by atoms with Crippen LogP contribution < -0.4 is 5.73 Å². The molecule has 1 aromatic carbocycles. The third-order valence-corrected chi connectivity index (χ3v) is 3.24. The van der Waals surface area contributed by atoms with Gasteiger partial charge in [-0.05, 0) is 23.6 Å². The van der Waals surface area contributed by atoms with Crippen molar-refractivity contribution in [3.63, 3.8) is 0 Å². The first-order chi connectivity index (χ1) is 7.20. The fourth-order valence-corrected chi connectivity index (χ4v) is 2.13. The summed E-state index contributed by atoms with van der Waals surface area (Å²) >= 11 is 7.24. The molecule has 15 heavy (non-hydrogen) atoms. The summed E-state index contributed by atoms with van der Waals surface area (Å²) < 4.78 is 0. The van der Waals surface area contributed by atoms with Crippen LogP contribution in [-0.2, 0) is 0 Å². The summed E-state index contributed by atoms with van der Waals surface area (Å²) in [7, 11) is 0. The van der Waals surface area contributed by atoms with Crippen molar-refractivity contribution in [3.8, 4) is 0 Å². The zero-order valence-corrected chi connectivity index (χ0v) is 9.31. The van der Waals surface area contributed by atoms with E-state index in [0.717, 1.165) is 0 Å². The number of carbonyl (C=O) groups excluding carboxylic acids is 1. The number of rotatable bonds is 2. The summed E-state index contributed by atoms with van der Waals surface area (Å²) in [5.74, 6) is -0.0787. The number of anilines is 1. The summed E-state index contributed by atoms with van der Waals surface area (Å²) in [5, 5.41) is 2.27. The summed E-state index contributed by atoms with van der Waals surface area (Å²) in [6.07, 6.45) is 0. The molecule has 0 amide bonds. The van der Waals surface area contributed by atoms with E-state index in [9.17, 15) is 4.79 Å². The normalized spacial score (nSPS) is 10.2. The predicted molar refractivity (Wildman–Crippen MR) is 63.6 cm³/mol. The average molecular weight is 238 g/mol. The SMILES string of the molecule is Nc1c(Cl)cccc1C(=O)c1cccs1. The van der Waals surface area contributed by atoms with Gasteiger partial charge < -0.3 is 5.73 Å². The molecule has 4 heteroatoms. The van der Waals surface area contributed by atoms with Crippen molar-refractivity contribution in [2.75, 3.05) is 5.73 Å². The molecule has 0 aliphatic carbocycles. The number of benzene rings is 1. The van der Waals surface area contributed by atoms with Gasteiger partial charge in [-0.15, -0.1) is 11.3 Å². The molecule has 0 unspecified atom stereocenters. The van der Waals surface area contributed by atoms with Crippen molar-refractivity contribution in [2.45, 2.75) is 0 Å². The molecule has 1 aromatic heterocycles. The Bertz CT molecular complexity index is 493.